The van der Waals surface area contributed by atoms with Gasteiger partial charge in [-0.15, -0.1) is 0 Å². The van der Waals surface area contributed by atoms with Crippen LogP contribution in [0.5, 0.6) is 0 Å². The molecule has 1 aliphatic rings. The molecule has 0 aromatic heterocycles. The molecular formula is C14H18O. The standard InChI is InChI=1S/C14H18O/c1-14(2,3)13(15)12-8-10-6-4-5-7-11(10)9-12/h4-7,12H,8-9H2,1-3H3. The van der Waals surface area contributed by atoms with Gasteiger partial charge in [0.15, 0.2) is 0 Å². The summed E-state index contributed by atoms with van der Waals surface area (Å²) in [5.41, 5.74) is 2.52. The number of fused-ring (bicyclic) bond motifs is 1. The second-order valence-corrected chi connectivity index (χ2v) is 5.49. The van der Waals surface area contributed by atoms with Crippen LogP contribution >= 0.6 is 0 Å². The number of Topliss-reactive ketones (excluding diaryl/α,β-unsaturated/α-hetero) is 1. The summed E-state index contributed by atoms with van der Waals surface area (Å²) in [5, 5.41) is 0. The summed E-state index contributed by atoms with van der Waals surface area (Å²) in [6, 6.07) is 8.40. The summed E-state index contributed by atoms with van der Waals surface area (Å²) in [6.07, 6.45) is 1.87. The molecule has 0 saturated carbocycles. The second-order valence-electron chi connectivity index (χ2n) is 5.49. The second kappa shape index (κ2) is 3.48. The van der Waals surface area contributed by atoms with Crippen LogP contribution in [0, 0.1) is 11.3 Å². The van der Waals surface area contributed by atoms with Crippen molar-refractivity contribution in [3.05, 3.63) is 35.4 Å². The lowest BCUT2D eigenvalue weighted by Gasteiger charge is -2.21. The Hall–Kier alpha value is -1.11. The maximum absolute atomic E-state index is 12.1. The topological polar surface area (TPSA) is 17.1 Å². The maximum Gasteiger partial charge on any atom is 0.141 e. The van der Waals surface area contributed by atoms with E-state index < -0.39 is 0 Å². The van der Waals surface area contributed by atoms with Crippen LogP contribution in [0.4, 0.5) is 0 Å². The fourth-order valence-electron chi connectivity index (χ4n) is 2.36. The van der Waals surface area contributed by atoms with Gasteiger partial charge in [0, 0.05) is 11.3 Å². The van der Waals surface area contributed by atoms with Crippen LogP contribution < -0.4 is 0 Å². The van der Waals surface area contributed by atoms with Crippen LogP contribution in [0.25, 0.3) is 0 Å². The molecule has 0 spiro atoms. The van der Waals surface area contributed by atoms with Crippen LogP contribution in [-0.4, -0.2) is 5.78 Å². The van der Waals surface area contributed by atoms with Crippen molar-refractivity contribution in [3.8, 4) is 0 Å². The molecule has 0 fully saturated rings. The van der Waals surface area contributed by atoms with Gasteiger partial charge < -0.3 is 0 Å². The number of hydrogen-bond donors (Lipinski definition) is 0. The van der Waals surface area contributed by atoms with E-state index in [1.807, 2.05) is 20.8 Å². The predicted octanol–water partition coefficient (Wildman–Crippen LogP) is 3.02. The number of rotatable bonds is 1. The number of benzene rings is 1. The van der Waals surface area contributed by atoms with E-state index >= 15 is 0 Å². The molecular weight excluding hydrogens is 184 g/mol. The van der Waals surface area contributed by atoms with Crippen LogP contribution in [0.2, 0.25) is 0 Å². The largest absolute Gasteiger partial charge is 0.299 e. The fraction of sp³-hybridized carbons (Fsp3) is 0.500. The summed E-state index contributed by atoms with van der Waals surface area (Å²) < 4.78 is 0. The normalized spacial score (nSPS) is 16.5. The molecule has 15 heavy (non-hydrogen) atoms. The minimum atomic E-state index is -0.202. The Morgan fingerprint density at radius 2 is 1.60 bits per heavy atom. The minimum absolute atomic E-state index is 0.202. The van der Waals surface area contributed by atoms with Crippen molar-refractivity contribution >= 4 is 5.78 Å². The zero-order chi connectivity index (χ0) is 11.1. The van der Waals surface area contributed by atoms with Crippen molar-refractivity contribution in [2.24, 2.45) is 11.3 Å². The molecule has 1 nitrogen and oxygen atoms in total. The van der Waals surface area contributed by atoms with Gasteiger partial charge in [-0.05, 0) is 24.0 Å². The molecule has 0 atom stereocenters. The van der Waals surface area contributed by atoms with Crippen LogP contribution in [-0.2, 0) is 17.6 Å². The van der Waals surface area contributed by atoms with E-state index in [1.54, 1.807) is 0 Å². The van der Waals surface area contributed by atoms with Gasteiger partial charge in [0.05, 0.1) is 0 Å². The highest BCUT2D eigenvalue weighted by molar-refractivity contribution is 5.87. The van der Waals surface area contributed by atoms with Crippen molar-refractivity contribution < 1.29 is 4.79 Å². The van der Waals surface area contributed by atoms with Gasteiger partial charge in [0.2, 0.25) is 0 Å². The Morgan fingerprint density at radius 3 is 2.00 bits per heavy atom. The molecule has 0 saturated heterocycles. The molecule has 0 bridgehead atoms. The van der Waals surface area contributed by atoms with Crippen molar-refractivity contribution in [1.82, 2.24) is 0 Å². The van der Waals surface area contributed by atoms with Gasteiger partial charge >= 0.3 is 0 Å². The van der Waals surface area contributed by atoms with Gasteiger partial charge in [0.25, 0.3) is 0 Å². The SMILES string of the molecule is CC(C)(C)C(=O)C1Cc2ccccc2C1. The average molecular weight is 202 g/mol. The molecule has 2 rings (SSSR count). The Balaban J connectivity index is 2.17. The number of ketones is 1. The highest BCUT2D eigenvalue weighted by atomic mass is 16.1. The molecule has 0 aliphatic heterocycles. The monoisotopic (exact) mass is 202 g/mol. The third-order valence-corrected chi connectivity index (χ3v) is 3.16. The summed E-state index contributed by atoms with van der Waals surface area (Å²) in [5.74, 6) is 0.612. The molecule has 80 valence electrons. The van der Waals surface area contributed by atoms with E-state index in [2.05, 4.69) is 24.3 Å². The fourth-order valence-corrected chi connectivity index (χ4v) is 2.36. The van der Waals surface area contributed by atoms with E-state index in [1.165, 1.54) is 11.1 Å². The first-order valence-corrected chi connectivity index (χ1v) is 5.59. The molecule has 0 heterocycles. The molecule has 0 N–H and O–H groups in total. The molecule has 1 heteroatoms. The van der Waals surface area contributed by atoms with Crippen LogP contribution in [0.1, 0.15) is 31.9 Å². The van der Waals surface area contributed by atoms with E-state index in [0.29, 0.717) is 5.78 Å². The van der Waals surface area contributed by atoms with Crippen molar-refractivity contribution in [2.75, 3.05) is 0 Å². The summed E-state index contributed by atoms with van der Waals surface area (Å²) >= 11 is 0. The molecule has 1 aromatic rings. The van der Waals surface area contributed by atoms with E-state index in [0.717, 1.165) is 12.8 Å². The Labute approximate surface area is 91.5 Å². The van der Waals surface area contributed by atoms with Crippen molar-refractivity contribution in [2.45, 2.75) is 33.6 Å². The highest BCUT2D eigenvalue weighted by Crippen LogP contribution is 2.32. The maximum atomic E-state index is 12.1. The van der Waals surface area contributed by atoms with Gasteiger partial charge in [0.1, 0.15) is 5.78 Å². The molecule has 0 radical (unpaired) electrons. The lowest BCUT2D eigenvalue weighted by atomic mass is 9.82. The number of carbonyl (C=O) groups excluding carboxylic acids is 1. The van der Waals surface area contributed by atoms with E-state index in [9.17, 15) is 4.79 Å². The van der Waals surface area contributed by atoms with Gasteiger partial charge in [-0.3, -0.25) is 4.79 Å². The third-order valence-electron chi connectivity index (χ3n) is 3.16. The summed E-state index contributed by atoms with van der Waals surface area (Å²) in [4.78, 5) is 12.1. The molecule has 0 unspecified atom stereocenters. The van der Waals surface area contributed by atoms with Gasteiger partial charge in [-0.2, -0.15) is 0 Å². The molecule has 0 amide bonds. The smallest absolute Gasteiger partial charge is 0.141 e. The van der Waals surface area contributed by atoms with Crippen LogP contribution in [0.3, 0.4) is 0 Å². The Morgan fingerprint density at radius 1 is 1.13 bits per heavy atom. The first-order chi connectivity index (χ1) is 6.98. The number of hydrogen-bond acceptors (Lipinski definition) is 1. The van der Waals surface area contributed by atoms with Gasteiger partial charge in [-0.1, -0.05) is 45.0 Å². The zero-order valence-electron chi connectivity index (χ0n) is 9.71. The zero-order valence-corrected chi connectivity index (χ0v) is 9.71. The molecule has 1 aliphatic carbocycles. The van der Waals surface area contributed by atoms with Crippen molar-refractivity contribution in [1.29, 1.82) is 0 Å². The van der Waals surface area contributed by atoms with E-state index in [-0.39, 0.29) is 11.3 Å². The average Bonchev–Trinajstić information content (AvgIpc) is 2.58. The first kappa shape index (κ1) is 10.4. The summed E-state index contributed by atoms with van der Waals surface area (Å²) in [6.45, 7) is 6.04. The predicted molar refractivity (Wildman–Crippen MR) is 61.8 cm³/mol. The highest BCUT2D eigenvalue weighted by Gasteiger charge is 2.33. The minimum Gasteiger partial charge on any atom is -0.299 e. The molecule has 1 aromatic carbocycles. The Kier molecular flexibility index (Phi) is 2.41. The van der Waals surface area contributed by atoms with Crippen molar-refractivity contribution in [3.63, 3.8) is 0 Å². The van der Waals surface area contributed by atoms with E-state index in [4.69, 9.17) is 0 Å². The quantitative estimate of drug-likeness (QED) is 0.684. The third kappa shape index (κ3) is 1.97. The van der Waals surface area contributed by atoms with Gasteiger partial charge in [-0.25, -0.2) is 0 Å². The lowest BCUT2D eigenvalue weighted by Crippen LogP contribution is -2.28. The number of carbonyl (C=O) groups is 1. The first-order valence-electron chi connectivity index (χ1n) is 5.59. The Bertz CT molecular complexity index is 360. The summed E-state index contributed by atoms with van der Waals surface area (Å²) in [7, 11) is 0. The van der Waals surface area contributed by atoms with Crippen LogP contribution in [0.15, 0.2) is 24.3 Å². The lowest BCUT2D eigenvalue weighted by molar-refractivity contribution is -0.130.